The van der Waals surface area contributed by atoms with E-state index in [2.05, 4.69) is 0 Å². The van der Waals surface area contributed by atoms with Gasteiger partial charge in [0.15, 0.2) is 23.1 Å². The minimum Gasteiger partial charge on any atom is -0.486 e. The SMILES string of the molecule is CCN(CC(=O)N1CCCC1c1ccc2c(c1)OCCO2)c1ccc(F)c(F)c1. The monoisotopic (exact) mass is 402 g/mol. The van der Waals surface area contributed by atoms with Crippen LogP contribution in [0.3, 0.4) is 0 Å². The summed E-state index contributed by atoms with van der Waals surface area (Å²) >= 11 is 0. The molecule has 0 N–H and O–H groups in total. The van der Waals surface area contributed by atoms with Crippen LogP contribution < -0.4 is 14.4 Å². The Labute approximate surface area is 168 Å². The molecule has 1 unspecified atom stereocenters. The van der Waals surface area contributed by atoms with Gasteiger partial charge in [-0.2, -0.15) is 0 Å². The molecule has 1 fully saturated rings. The first kappa shape index (κ1) is 19.5. The molecule has 29 heavy (non-hydrogen) atoms. The highest BCUT2D eigenvalue weighted by Gasteiger charge is 2.31. The Bertz CT molecular complexity index is 906. The lowest BCUT2D eigenvalue weighted by Gasteiger charge is -2.30. The van der Waals surface area contributed by atoms with E-state index in [1.807, 2.05) is 30.0 Å². The standard InChI is InChI=1S/C22H24F2N2O3/c1-2-25(16-6-7-17(23)18(24)13-16)14-22(27)26-9-3-4-19(26)15-5-8-20-21(12-15)29-11-10-28-20/h5-8,12-13,19H,2-4,9-11,14H2,1H3. The number of nitrogens with zero attached hydrogens (tertiary/aromatic N) is 2. The number of carbonyl (C=O) groups is 1. The van der Waals surface area contributed by atoms with Crippen molar-refractivity contribution >= 4 is 11.6 Å². The van der Waals surface area contributed by atoms with E-state index >= 15 is 0 Å². The minimum absolute atomic E-state index is 0.0259. The Balaban J connectivity index is 1.50. The molecule has 7 heteroatoms. The lowest BCUT2D eigenvalue weighted by Crippen LogP contribution is -2.40. The number of hydrogen-bond donors (Lipinski definition) is 0. The zero-order chi connectivity index (χ0) is 20.4. The Morgan fingerprint density at radius 3 is 2.66 bits per heavy atom. The molecule has 0 aromatic heterocycles. The van der Waals surface area contributed by atoms with E-state index < -0.39 is 11.6 Å². The van der Waals surface area contributed by atoms with E-state index in [4.69, 9.17) is 9.47 Å². The fourth-order valence-corrected chi connectivity index (χ4v) is 4.00. The fraction of sp³-hybridized carbons (Fsp3) is 0.409. The van der Waals surface area contributed by atoms with Gasteiger partial charge in [0.25, 0.3) is 0 Å². The van der Waals surface area contributed by atoms with Crippen LogP contribution in [0, 0.1) is 11.6 Å². The molecule has 0 radical (unpaired) electrons. The van der Waals surface area contributed by atoms with Crippen molar-refractivity contribution in [3.8, 4) is 11.5 Å². The third kappa shape index (κ3) is 3.99. The van der Waals surface area contributed by atoms with E-state index in [0.717, 1.165) is 36.3 Å². The van der Waals surface area contributed by atoms with Crippen molar-refractivity contribution in [2.24, 2.45) is 0 Å². The number of amides is 1. The van der Waals surface area contributed by atoms with Crippen LogP contribution in [-0.4, -0.2) is 43.7 Å². The number of likely N-dealkylation sites (tertiary alicyclic amines) is 1. The van der Waals surface area contributed by atoms with E-state index in [9.17, 15) is 13.6 Å². The second kappa shape index (κ2) is 8.27. The quantitative estimate of drug-likeness (QED) is 0.760. The molecule has 0 spiro atoms. The fourth-order valence-electron chi connectivity index (χ4n) is 4.00. The first-order valence-electron chi connectivity index (χ1n) is 9.96. The lowest BCUT2D eigenvalue weighted by atomic mass is 10.0. The average Bonchev–Trinajstić information content (AvgIpc) is 3.23. The summed E-state index contributed by atoms with van der Waals surface area (Å²) in [6.07, 6.45) is 1.80. The number of carbonyl (C=O) groups excluding carboxylic acids is 1. The predicted octanol–water partition coefficient (Wildman–Crippen LogP) is 3.93. The summed E-state index contributed by atoms with van der Waals surface area (Å²) in [6.45, 7) is 4.24. The average molecular weight is 402 g/mol. The Morgan fingerprint density at radius 2 is 1.90 bits per heavy atom. The molecule has 2 aromatic carbocycles. The molecule has 0 bridgehead atoms. The lowest BCUT2D eigenvalue weighted by molar-refractivity contribution is -0.130. The Morgan fingerprint density at radius 1 is 1.10 bits per heavy atom. The van der Waals surface area contributed by atoms with Gasteiger partial charge in [-0.1, -0.05) is 6.07 Å². The second-order valence-electron chi connectivity index (χ2n) is 7.26. The van der Waals surface area contributed by atoms with Crippen molar-refractivity contribution in [3.05, 3.63) is 53.6 Å². The number of ether oxygens (including phenoxy) is 2. The van der Waals surface area contributed by atoms with Crippen LogP contribution >= 0.6 is 0 Å². The van der Waals surface area contributed by atoms with Gasteiger partial charge < -0.3 is 19.3 Å². The highest BCUT2D eigenvalue weighted by molar-refractivity contribution is 5.82. The molecule has 2 aliphatic heterocycles. The Kier molecular flexibility index (Phi) is 5.56. The van der Waals surface area contributed by atoms with Crippen LogP contribution in [0.2, 0.25) is 0 Å². The van der Waals surface area contributed by atoms with Crippen LogP contribution in [0.25, 0.3) is 0 Å². The maximum atomic E-state index is 13.6. The summed E-state index contributed by atoms with van der Waals surface area (Å²) in [4.78, 5) is 16.7. The number of anilines is 1. The largest absolute Gasteiger partial charge is 0.486 e. The van der Waals surface area contributed by atoms with Crippen molar-refractivity contribution in [1.82, 2.24) is 4.90 Å². The van der Waals surface area contributed by atoms with Crippen molar-refractivity contribution in [2.75, 3.05) is 37.7 Å². The van der Waals surface area contributed by atoms with Crippen LogP contribution in [-0.2, 0) is 4.79 Å². The molecule has 0 aliphatic carbocycles. The van der Waals surface area contributed by atoms with Crippen molar-refractivity contribution in [1.29, 1.82) is 0 Å². The van der Waals surface area contributed by atoms with Gasteiger partial charge in [-0.25, -0.2) is 8.78 Å². The molecule has 0 saturated carbocycles. The smallest absolute Gasteiger partial charge is 0.242 e. The van der Waals surface area contributed by atoms with Crippen molar-refractivity contribution in [3.63, 3.8) is 0 Å². The molecular formula is C22H24F2N2O3. The van der Waals surface area contributed by atoms with Crippen molar-refractivity contribution < 1.29 is 23.0 Å². The third-order valence-electron chi connectivity index (χ3n) is 5.50. The highest BCUT2D eigenvalue weighted by Crippen LogP contribution is 2.38. The minimum atomic E-state index is -0.913. The molecule has 5 nitrogen and oxygen atoms in total. The number of likely N-dealkylation sites (N-methyl/N-ethyl adjacent to an activating group) is 1. The maximum absolute atomic E-state index is 13.6. The summed E-state index contributed by atoms with van der Waals surface area (Å²) in [5.74, 6) is -0.400. The van der Waals surface area contributed by atoms with Gasteiger partial charge in [-0.15, -0.1) is 0 Å². The zero-order valence-corrected chi connectivity index (χ0v) is 16.4. The predicted molar refractivity (Wildman–Crippen MR) is 105 cm³/mol. The van der Waals surface area contributed by atoms with Crippen LogP contribution in [0.5, 0.6) is 11.5 Å². The number of hydrogen-bond acceptors (Lipinski definition) is 4. The normalized spacial score (nSPS) is 18.0. The summed E-state index contributed by atoms with van der Waals surface area (Å²) in [5.41, 5.74) is 1.52. The molecular weight excluding hydrogens is 378 g/mol. The molecule has 2 aliphatic rings. The highest BCUT2D eigenvalue weighted by atomic mass is 19.2. The molecule has 2 aromatic rings. The summed E-state index contributed by atoms with van der Waals surface area (Å²) in [7, 11) is 0. The van der Waals surface area contributed by atoms with Gasteiger partial charge >= 0.3 is 0 Å². The van der Waals surface area contributed by atoms with Crippen molar-refractivity contribution in [2.45, 2.75) is 25.8 Å². The summed E-state index contributed by atoms with van der Waals surface area (Å²) in [5, 5.41) is 0. The first-order valence-corrected chi connectivity index (χ1v) is 9.96. The zero-order valence-electron chi connectivity index (χ0n) is 16.4. The number of fused-ring (bicyclic) bond motifs is 1. The van der Waals surface area contributed by atoms with Gasteiger partial charge in [0.1, 0.15) is 13.2 Å². The number of benzene rings is 2. The van der Waals surface area contributed by atoms with Gasteiger partial charge in [0.2, 0.25) is 5.91 Å². The summed E-state index contributed by atoms with van der Waals surface area (Å²) in [6, 6.07) is 9.53. The molecule has 4 rings (SSSR count). The van der Waals surface area contributed by atoms with E-state index in [1.54, 1.807) is 4.90 Å². The van der Waals surface area contributed by atoms with Crippen LogP contribution in [0.4, 0.5) is 14.5 Å². The molecule has 1 saturated heterocycles. The molecule has 154 valence electrons. The topological polar surface area (TPSA) is 42.0 Å². The van der Waals surface area contributed by atoms with Crippen LogP contribution in [0.1, 0.15) is 31.4 Å². The second-order valence-corrected chi connectivity index (χ2v) is 7.26. The van der Waals surface area contributed by atoms with E-state index in [-0.39, 0.29) is 18.5 Å². The van der Waals surface area contributed by atoms with E-state index in [1.165, 1.54) is 6.07 Å². The maximum Gasteiger partial charge on any atom is 0.242 e. The van der Waals surface area contributed by atoms with Crippen LogP contribution in [0.15, 0.2) is 36.4 Å². The molecule has 1 amide bonds. The van der Waals surface area contributed by atoms with Gasteiger partial charge in [0, 0.05) is 24.8 Å². The van der Waals surface area contributed by atoms with Gasteiger partial charge in [-0.3, -0.25) is 4.79 Å². The van der Waals surface area contributed by atoms with Gasteiger partial charge in [0.05, 0.1) is 12.6 Å². The molecule has 1 atom stereocenters. The molecule has 2 heterocycles. The third-order valence-corrected chi connectivity index (χ3v) is 5.50. The number of halogens is 2. The Hall–Kier alpha value is -2.83. The first-order chi connectivity index (χ1) is 14.1. The summed E-state index contributed by atoms with van der Waals surface area (Å²) < 4.78 is 38.1. The van der Waals surface area contributed by atoms with Gasteiger partial charge in [-0.05, 0) is 49.6 Å². The van der Waals surface area contributed by atoms with E-state index in [0.29, 0.717) is 37.7 Å². The number of rotatable bonds is 5.